The molecule has 1 aliphatic carbocycles. The van der Waals surface area contributed by atoms with E-state index in [0.717, 1.165) is 50.7 Å². The van der Waals surface area contributed by atoms with Crippen LogP contribution in [0.3, 0.4) is 0 Å². The second-order valence-electron chi connectivity index (χ2n) is 9.28. The van der Waals surface area contributed by atoms with Crippen molar-refractivity contribution >= 4 is 22.2 Å². The number of anilines is 1. The quantitative estimate of drug-likeness (QED) is 0.353. The molecule has 0 saturated heterocycles. The molecule has 5 nitrogen and oxygen atoms in total. The van der Waals surface area contributed by atoms with Gasteiger partial charge in [-0.05, 0) is 30.9 Å². The molecular weight excluding hydrogens is 406 g/mol. The fourth-order valence-corrected chi connectivity index (χ4v) is 5.13. The lowest BCUT2D eigenvalue weighted by Crippen LogP contribution is -2.13. The smallest absolute Gasteiger partial charge is 0.150 e. The van der Waals surface area contributed by atoms with E-state index in [2.05, 4.69) is 58.8 Å². The Labute approximate surface area is 193 Å². The summed E-state index contributed by atoms with van der Waals surface area (Å²) >= 11 is 0. The highest BCUT2D eigenvalue weighted by Gasteiger charge is 2.26. The van der Waals surface area contributed by atoms with E-state index in [-0.39, 0.29) is 0 Å². The van der Waals surface area contributed by atoms with Crippen LogP contribution in [0.5, 0.6) is 0 Å². The number of aromatic nitrogens is 4. The Balaban J connectivity index is 1.49. The van der Waals surface area contributed by atoms with Gasteiger partial charge in [0.2, 0.25) is 0 Å². The van der Waals surface area contributed by atoms with Crippen molar-refractivity contribution in [3.8, 4) is 22.5 Å². The van der Waals surface area contributed by atoms with Gasteiger partial charge in [-0.15, -0.1) is 0 Å². The number of nitrogens with zero attached hydrogens (tertiary/aromatic N) is 4. The average Bonchev–Trinajstić information content (AvgIpc) is 3.25. The van der Waals surface area contributed by atoms with E-state index in [0.29, 0.717) is 11.7 Å². The van der Waals surface area contributed by atoms with Gasteiger partial charge in [0.25, 0.3) is 0 Å². The highest BCUT2D eigenvalue weighted by molar-refractivity contribution is 5.91. The normalized spacial score (nSPS) is 18.7. The van der Waals surface area contributed by atoms with Gasteiger partial charge in [0.05, 0.1) is 11.2 Å². The number of hydrogen-bond acceptors (Lipinski definition) is 4. The lowest BCUT2D eigenvalue weighted by atomic mass is 9.82. The highest BCUT2D eigenvalue weighted by Crippen LogP contribution is 2.38. The van der Waals surface area contributed by atoms with Crippen molar-refractivity contribution in [3.05, 3.63) is 78.9 Å². The van der Waals surface area contributed by atoms with Gasteiger partial charge >= 0.3 is 0 Å². The minimum absolute atomic E-state index is 0.451. The summed E-state index contributed by atoms with van der Waals surface area (Å²) in [5, 5.41) is 1.11. The number of pyridine rings is 1. The zero-order chi connectivity index (χ0) is 22.4. The second kappa shape index (κ2) is 8.00. The van der Waals surface area contributed by atoms with E-state index >= 15 is 0 Å². The highest BCUT2D eigenvalue weighted by atomic mass is 15.1. The Kier molecular flexibility index (Phi) is 4.83. The first kappa shape index (κ1) is 19.9. The van der Waals surface area contributed by atoms with Gasteiger partial charge in [-0.25, -0.2) is 15.0 Å². The molecule has 2 aromatic carbocycles. The average molecular weight is 434 g/mol. The van der Waals surface area contributed by atoms with Gasteiger partial charge in [0, 0.05) is 34.8 Å². The number of rotatable bonds is 3. The van der Waals surface area contributed by atoms with Crippen LogP contribution in [-0.2, 0) is 0 Å². The fraction of sp³-hybridized carbons (Fsp3) is 0.250. The van der Waals surface area contributed by atoms with E-state index in [4.69, 9.17) is 15.7 Å². The number of imidazole rings is 1. The number of benzene rings is 2. The lowest BCUT2D eigenvalue weighted by molar-refractivity contribution is 0.339. The number of hydrogen-bond donors (Lipinski definition) is 1. The molecule has 0 unspecified atom stereocenters. The molecule has 0 aliphatic heterocycles. The van der Waals surface area contributed by atoms with Gasteiger partial charge in [-0.1, -0.05) is 68.3 Å². The van der Waals surface area contributed by atoms with Crippen LogP contribution in [0.4, 0.5) is 5.82 Å². The van der Waals surface area contributed by atoms with Gasteiger partial charge < -0.3 is 5.73 Å². The molecular formula is C28H27N5. The number of nitrogen functional groups attached to an aromatic ring is 1. The Morgan fingerprint density at radius 3 is 2.48 bits per heavy atom. The van der Waals surface area contributed by atoms with E-state index < -0.39 is 0 Å². The minimum atomic E-state index is 0.451. The maximum absolute atomic E-state index is 6.38. The predicted molar refractivity (Wildman–Crippen MR) is 134 cm³/mol. The molecule has 5 heteroatoms. The van der Waals surface area contributed by atoms with Gasteiger partial charge in [-0.2, -0.15) is 0 Å². The second-order valence-corrected chi connectivity index (χ2v) is 9.28. The molecule has 0 amide bonds. The summed E-state index contributed by atoms with van der Waals surface area (Å²) in [7, 11) is 0. The monoisotopic (exact) mass is 433 g/mol. The first-order valence-electron chi connectivity index (χ1n) is 11.8. The summed E-state index contributed by atoms with van der Waals surface area (Å²) in [6, 6.07) is 20.8. The SMILES string of the molecule is C[C@H]1CC[C@H](c2nc(-c3ccc4ccc(-c5ccccc5)nc4c3)c3c(N)nccn32)CC1. The van der Waals surface area contributed by atoms with Crippen molar-refractivity contribution in [2.45, 2.75) is 38.5 Å². The number of nitrogens with two attached hydrogens (primary N) is 1. The van der Waals surface area contributed by atoms with Crippen molar-refractivity contribution in [2.24, 2.45) is 5.92 Å². The zero-order valence-corrected chi connectivity index (χ0v) is 18.8. The van der Waals surface area contributed by atoms with Gasteiger partial charge in [-0.3, -0.25) is 4.40 Å². The molecule has 1 fully saturated rings. The van der Waals surface area contributed by atoms with Crippen LogP contribution < -0.4 is 5.73 Å². The van der Waals surface area contributed by atoms with Crippen LogP contribution in [0.15, 0.2) is 73.1 Å². The van der Waals surface area contributed by atoms with Crippen molar-refractivity contribution in [1.29, 1.82) is 0 Å². The Morgan fingerprint density at radius 2 is 1.67 bits per heavy atom. The number of fused-ring (bicyclic) bond motifs is 2. The third-order valence-corrected chi connectivity index (χ3v) is 7.03. The molecule has 5 aromatic rings. The molecule has 33 heavy (non-hydrogen) atoms. The van der Waals surface area contributed by atoms with Gasteiger partial charge in [0.15, 0.2) is 0 Å². The predicted octanol–water partition coefficient (Wildman–Crippen LogP) is 6.49. The Hall–Kier alpha value is -3.73. The van der Waals surface area contributed by atoms with Crippen LogP contribution in [0, 0.1) is 5.92 Å². The van der Waals surface area contributed by atoms with Crippen molar-refractivity contribution < 1.29 is 0 Å². The Bertz CT molecular complexity index is 1450. The van der Waals surface area contributed by atoms with Crippen LogP contribution in [0.25, 0.3) is 38.9 Å². The van der Waals surface area contributed by atoms with Crippen molar-refractivity contribution in [3.63, 3.8) is 0 Å². The minimum Gasteiger partial charge on any atom is -0.382 e. The standard InChI is InChI=1S/C28H27N5/c1-18-7-9-21(10-8-18)28-32-25(26-27(29)30-15-16-33(26)28)22-12-11-20-13-14-23(31-24(20)17-22)19-5-3-2-4-6-19/h2-6,11-18,21H,7-10H2,1H3,(H2,29,30)/t18-,21-. The summed E-state index contributed by atoms with van der Waals surface area (Å²) in [4.78, 5) is 14.5. The molecule has 3 aromatic heterocycles. The summed E-state index contributed by atoms with van der Waals surface area (Å²) in [6.07, 6.45) is 8.61. The first-order chi connectivity index (χ1) is 16.2. The third kappa shape index (κ3) is 3.54. The van der Waals surface area contributed by atoms with Crippen molar-refractivity contribution in [1.82, 2.24) is 19.4 Å². The van der Waals surface area contributed by atoms with Gasteiger partial charge in [0.1, 0.15) is 22.9 Å². The van der Waals surface area contributed by atoms with E-state index in [1.54, 1.807) is 6.20 Å². The zero-order valence-electron chi connectivity index (χ0n) is 18.8. The first-order valence-corrected chi connectivity index (χ1v) is 11.8. The maximum Gasteiger partial charge on any atom is 0.150 e. The molecule has 3 heterocycles. The molecule has 0 radical (unpaired) electrons. The van der Waals surface area contributed by atoms with E-state index in [1.165, 1.54) is 25.7 Å². The Morgan fingerprint density at radius 1 is 0.879 bits per heavy atom. The fourth-order valence-electron chi connectivity index (χ4n) is 5.13. The molecule has 2 N–H and O–H groups in total. The van der Waals surface area contributed by atoms with Crippen LogP contribution >= 0.6 is 0 Å². The van der Waals surface area contributed by atoms with Crippen molar-refractivity contribution in [2.75, 3.05) is 5.73 Å². The summed E-state index contributed by atoms with van der Waals surface area (Å²) in [5.41, 5.74) is 12.2. The molecule has 6 rings (SSSR count). The summed E-state index contributed by atoms with van der Waals surface area (Å²) < 4.78 is 2.16. The summed E-state index contributed by atoms with van der Waals surface area (Å²) in [6.45, 7) is 2.35. The topological polar surface area (TPSA) is 69.1 Å². The summed E-state index contributed by atoms with van der Waals surface area (Å²) in [5.74, 6) is 2.87. The molecule has 1 aliphatic rings. The van der Waals surface area contributed by atoms with E-state index in [1.807, 2.05) is 24.4 Å². The van der Waals surface area contributed by atoms with E-state index in [9.17, 15) is 0 Å². The molecule has 0 bridgehead atoms. The molecule has 164 valence electrons. The van der Waals surface area contributed by atoms with Crippen LogP contribution in [-0.4, -0.2) is 19.4 Å². The molecule has 0 spiro atoms. The maximum atomic E-state index is 6.38. The molecule has 0 atom stereocenters. The molecule has 1 saturated carbocycles. The van der Waals surface area contributed by atoms with Crippen LogP contribution in [0.2, 0.25) is 0 Å². The van der Waals surface area contributed by atoms with Crippen LogP contribution in [0.1, 0.15) is 44.3 Å². The lowest BCUT2D eigenvalue weighted by Gasteiger charge is -2.25. The third-order valence-electron chi connectivity index (χ3n) is 7.03. The largest absolute Gasteiger partial charge is 0.382 e.